The predicted octanol–water partition coefficient (Wildman–Crippen LogP) is 4.40. The largest absolute Gasteiger partial charge is 0.611 e. The minimum Gasteiger partial charge on any atom is -0.611 e. The fourth-order valence-electron chi connectivity index (χ4n) is 2.24. The van der Waals surface area contributed by atoms with Gasteiger partial charge >= 0.3 is 5.51 Å². The number of halogens is 4. The summed E-state index contributed by atoms with van der Waals surface area (Å²) in [5, 5.41) is 0.449. The van der Waals surface area contributed by atoms with Crippen LogP contribution in [0, 0.1) is 0 Å². The minimum absolute atomic E-state index is 0.142. The zero-order valence-corrected chi connectivity index (χ0v) is 14.4. The Bertz CT molecular complexity index is 761. The summed E-state index contributed by atoms with van der Waals surface area (Å²) in [6.07, 6.45) is 1.14. The van der Waals surface area contributed by atoms with Crippen molar-refractivity contribution in [3.8, 4) is 17.3 Å². The van der Waals surface area contributed by atoms with E-state index in [4.69, 9.17) is 15.8 Å². The number of fused-ring (bicyclic) bond motifs is 1. The number of aryl methyl sites for hydroxylation is 1. The van der Waals surface area contributed by atoms with Gasteiger partial charge in [0.05, 0.1) is 0 Å². The molecule has 0 saturated carbocycles. The second kappa shape index (κ2) is 6.99. The minimum atomic E-state index is -4.59. The fraction of sp³-hybridized carbons (Fsp3) is 0.286. The molecule has 1 aromatic heterocycles. The molecule has 1 atom stereocenters. The lowest BCUT2D eigenvalue weighted by Gasteiger charge is -2.20. The van der Waals surface area contributed by atoms with E-state index < -0.39 is 28.7 Å². The molecule has 0 aliphatic carbocycles. The van der Waals surface area contributed by atoms with Crippen molar-refractivity contribution in [2.24, 2.45) is 0 Å². The molecule has 2 aromatic rings. The lowest BCUT2D eigenvalue weighted by Crippen LogP contribution is -2.20. The molecule has 1 aliphatic rings. The number of nitrogens with zero attached hydrogens (tertiary/aromatic N) is 2. The van der Waals surface area contributed by atoms with Gasteiger partial charge in [-0.25, -0.2) is 4.98 Å². The van der Waals surface area contributed by atoms with Crippen molar-refractivity contribution < 1.29 is 21.9 Å². The molecule has 0 saturated heterocycles. The highest BCUT2D eigenvalue weighted by atomic mass is 35.5. The van der Waals surface area contributed by atoms with E-state index in [1.54, 1.807) is 24.3 Å². The average molecular weight is 395 g/mol. The summed E-state index contributed by atoms with van der Waals surface area (Å²) in [6, 6.07) is 6.64. The van der Waals surface area contributed by atoms with E-state index in [0.29, 0.717) is 34.9 Å². The van der Waals surface area contributed by atoms with Gasteiger partial charge < -0.3 is 8.74 Å². The number of alkyl halides is 3. The summed E-state index contributed by atoms with van der Waals surface area (Å²) in [5.41, 5.74) is -3.60. The lowest BCUT2D eigenvalue weighted by atomic mass is 10.2. The molecule has 0 spiro atoms. The van der Waals surface area contributed by atoms with Gasteiger partial charge in [0.25, 0.3) is 5.88 Å². The molecule has 24 heavy (non-hydrogen) atoms. The SMILES string of the molecule is [O-][S+]1CCCc2nc(-c3cccc(Cl)c3)nc(OSC(F)(F)F)c21. The smallest absolute Gasteiger partial charge is 0.479 e. The van der Waals surface area contributed by atoms with Crippen LogP contribution < -0.4 is 4.18 Å². The molecule has 0 amide bonds. The van der Waals surface area contributed by atoms with Crippen molar-refractivity contribution in [3.63, 3.8) is 0 Å². The standard InChI is InChI=1S/C14H10ClF3N2O2S2/c15-9-4-1-3-8(7-9)12-19-10-5-2-6-24(21)11(10)13(20-12)22-23-14(16,17)18/h1,3-4,7H,2,5-6H2. The fourth-order valence-corrected chi connectivity index (χ4v) is 4.09. The predicted molar refractivity (Wildman–Crippen MR) is 86.3 cm³/mol. The maximum Gasteiger partial charge on any atom is 0.479 e. The van der Waals surface area contributed by atoms with Crippen LogP contribution >= 0.6 is 23.6 Å². The zero-order chi connectivity index (χ0) is 17.3. The van der Waals surface area contributed by atoms with E-state index in [1.165, 1.54) is 0 Å². The maximum absolute atomic E-state index is 12.4. The Hall–Kier alpha value is -1.16. The first-order valence-corrected chi connectivity index (χ1v) is 9.25. The van der Waals surface area contributed by atoms with Crippen LogP contribution in [0.4, 0.5) is 13.2 Å². The maximum atomic E-state index is 12.4. The van der Waals surface area contributed by atoms with Crippen LogP contribution in [-0.2, 0) is 17.6 Å². The first kappa shape index (κ1) is 17.7. The Morgan fingerprint density at radius 1 is 1.29 bits per heavy atom. The zero-order valence-electron chi connectivity index (χ0n) is 12.0. The summed E-state index contributed by atoms with van der Waals surface area (Å²) in [5.74, 6) is 0.225. The first-order valence-electron chi connectivity index (χ1n) is 6.81. The molecule has 2 heterocycles. The van der Waals surface area contributed by atoms with Crippen molar-refractivity contribution >= 4 is 34.8 Å². The van der Waals surface area contributed by atoms with Crippen LogP contribution in [0.25, 0.3) is 11.4 Å². The molecule has 3 rings (SSSR count). The Balaban J connectivity index is 2.05. The Morgan fingerprint density at radius 3 is 2.79 bits per heavy atom. The summed E-state index contributed by atoms with van der Waals surface area (Å²) in [6.45, 7) is 0. The summed E-state index contributed by atoms with van der Waals surface area (Å²) in [7, 11) is 0. The van der Waals surface area contributed by atoms with Crippen LogP contribution in [0.3, 0.4) is 0 Å². The second-order valence-corrected chi connectivity index (χ2v) is 7.64. The molecule has 1 unspecified atom stereocenters. The van der Waals surface area contributed by atoms with Crippen molar-refractivity contribution in [1.29, 1.82) is 0 Å². The van der Waals surface area contributed by atoms with Crippen LogP contribution in [-0.4, -0.2) is 25.8 Å². The number of rotatable bonds is 3. The highest BCUT2D eigenvalue weighted by Crippen LogP contribution is 2.38. The molecule has 10 heteroatoms. The van der Waals surface area contributed by atoms with Crippen LogP contribution in [0.15, 0.2) is 29.2 Å². The van der Waals surface area contributed by atoms with Gasteiger partial charge in [0.1, 0.15) is 11.4 Å². The van der Waals surface area contributed by atoms with Gasteiger partial charge in [-0.3, -0.25) is 0 Å². The molecule has 0 N–H and O–H groups in total. The van der Waals surface area contributed by atoms with Gasteiger partial charge in [0.2, 0.25) is 4.90 Å². The molecule has 0 bridgehead atoms. The normalized spacial score (nSPS) is 17.5. The van der Waals surface area contributed by atoms with E-state index in [9.17, 15) is 17.7 Å². The molecule has 0 radical (unpaired) electrons. The van der Waals surface area contributed by atoms with E-state index in [0.717, 1.165) is 0 Å². The highest BCUT2D eigenvalue weighted by Gasteiger charge is 2.36. The third-order valence-electron chi connectivity index (χ3n) is 3.17. The summed E-state index contributed by atoms with van der Waals surface area (Å²) in [4.78, 5) is 8.53. The quantitative estimate of drug-likeness (QED) is 0.570. The van der Waals surface area contributed by atoms with Gasteiger partial charge in [-0.15, -0.1) is 0 Å². The van der Waals surface area contributed by atoms with Crippen molar-refractivity contribution in [3.05, 3.63) is 35.0 Å². The Labute approximate surface area is 148 Å². The molecule has 128 valence electrons. The van der Waals surface area contributed by atoms with Gasteiger partial charge in [0.15, 0.2) is 17.9 Å². The average Bonchev–Trinajstić information content (AvgIpc) is 2.52. The summed E-state index contributed by atoms with van der Waals surface area (Å²) >= 11 is 3.77. The van der Waals surface area contributed by atoms with Gasteiger partial charge in [-0.1, -0.05) is 23.7 Å². The highest BCUT2D eigenvalue weighted by molar-refractivity contribution is 7.96. The van der Waals surface area contributed by atoms with Gasteiger partial charge in [-0.2, -0.15) is 18.2 Å². The van der Waals surface area contributed by atoms with Crippen LogP contribution in [0.5, 0.6) is 5.88 Å². The van der Waals surface area contributed by atoms with E-state index in [-0.39, 0.29) is 16.6 Å². The number of hydrogen-bond acceptors (Lipinski definition) is 5. The Morgan fingerprint density at radius 2 is 2.08 bits per heavy atom. The first-order chi connectivity index (χ1) is 11.3. The third-order valence-corrected chi connectivity index (χ3v) is 5.36. The Kier molecular flexibility index (Phi) is 5.14. The number of aromatic nitrogens is 2. The van der Waals surface area contributed by atoms with Gasteiger partial charge in [-0.05, 0) is 36.2 Å². The molecule has 1 aromatic carbocycles. The van der Waals surface area contributed by atoms with E-state index in [1.807, 2.05) is 0 Å². The molecular weight excluding hydrogens is 385 g/mol. The van der Waals surface area contributed by atoms with E-state index in [2.05, 4.69) is 9.97 Å². The van der Waals surface area contributed by atoms with Crippen molar-refractivity contribution in [2.75, 3.05) is 5.75 Å². The van der Waals surface area contributed by atoms with Crippen LogP contribution in [0.2, 0.25) is 5.02 Å². The van der Waals surface area contributed by atoms with E-state index >= 15 is 0 Å². The molecule has 4 nitrogen and oxygen atoms in total. The number of hydrogen-bond donors (Lipinski definition) is 0. The molecular formula is C14H10ClF3N2O2S2. The second-order valence-electron chi connectivity index (χ2n) is 4.90. The number of benzene rings is 1. The van der Waals surface area contributed by atoms with Crippen molar-refractivity contribution in [2.45, 2.75) is 23.2 Å². The monoisotopic (exact) mass is 394 g/mol. The molecule has 1 aliphatic heterocycles. The lowest BCUT2D eigenvalue weighted by molar-refractivity contribution is -0.0371. The summed E-state index contributed by atoms with van der Waals surface area (Å²) < 4.78 is 54.3. The van der Waals surface area contributed by atoms with Gasteiger partial charge in [0, 0.05) is 10.6 Å². The van der Waals surface area contributed by atoms with Crippen LogP contribution in [0.1, 0.15) is 12.1 Å². The van der Waals surface area contributed by atoms with Crippen molar-refractivity contribution in [1.82, 2.24) is 9.97 Å². The topological polar surface area (TPSA) is 58.1 Å². The third kappa shape index (κ3) is 4.08. The molecule has 0 fully saturated rings.